The zero-order chi connectivity index (χ0) is 27.1. The van der Waals surface area contributed by atoms with Crippen LogP contribution in [0.15, 0.2) is 91.1 Å². The van der Waals surface area contributed by atoms with Gasteiger partial charge in [0.05, 0.1) is 6.10 Å². The van der Waals surface area contributed by atoms with Crippen LogP contribution in [0.2, 0.25) is 0 Å². The summed E-state index contributed by atoms with van der Waals surface area (Å²) in [6.45, 7) is 4.89. The van der Waals surface area contributed by atoms with E-state index in [1.807, 2.05) is 60.7 Å². The van der Waals surface area contributed by atoms with Crippen molar-refractivity contribution in [2.45, 2.75) is 38.5 Å². The van der Waals surface area contributed by atoms with Crippen molar-refractivity contribution in [1.82, 2.24) is 15.6 Å². The molecule has 0 unspecified atom stereocenters. The number of hydrogen-bond donors (Lipinski definition) is 5. The lowest BCUT2D eigenvalue weighted by atomic mass is 9.93. The summed E-state index contributed by atoms with van der Waals surface area (Å²) < 4.78 is 0. The van der Waals surface area contributed by atoms with Crippen LogP contribution in [0.3, 0.4) is 0 Å². The van der Waals surface area contributed by atoms with Crippen molar-refractivity contribution in [3.63, 3.8) is 0 Å². The zero-order valence-electron chi connectivity index (χ0n) is 21.7. The molecule has 0 aliphatic rings. The van der Waals surface area contributed by atoms with Crippen LogP contribution in [0.4, 0.5) is 5.82 Å². The van der Waals surface area contributed by atoms with Crippen molar-refractivity contribution < 1.29 is 15.0 Å². The summed E-state index contributed by atoms with van der Waals surface area (Å²) in [7, 11) is 0. The highest BCUT2D eigenvalue weighted by Gasteiger charge is 2.20. The van der Waals surface area contributed by atoms with Gasteiger partial charge in [-0.05, 0) is 78.9 Å². The number of nitrogens with one attached hydrogen (secondary N) is 2. The minimum atomic E-state index is -0.702. The predicted molar refractivity (Wildman–Crippen MR) is 151 cm³/mol. The number of nitrogens with zero attached hydrogens (tertiary/aromatic N) is 1. The number of aromatic nitrogens is 1. The summed E-state index contributed by atoms with van der Waals surface area (Å²) in [5, 5.41) is 26.5. The van der Waals surface area contributed by atoms with E-state index in [0.29, 0.717) is 36.5 Å². The number of amides is 1. The van der Waals surface area contributed by atoms with Crippen LogP contribution in [-0.4, -0.2) is 33.2 Å². The van der Waals surface area contributed by atoms with Crippen molar-refractivity contribution in [1.29, 1.82) is 0 Å². The summed E-state index contributed by atoms with van der Waals surface area (Å²) in [6.07, 6.45) is 1.56. The first-order valence-electron chi connectivity index (χ1n) is 12.6. The van der Waals surface area contributed by atoms with Gasteiger partial charge in [0.25, 0.3) is 5.91 Å². The Morgan fingerprint density at radius 3 is 2.42 bits per heavy atom. The molecule has 0 aliphatic carbocycles. The SMILES string of the molecule is CC(C)(Cc1cccc(C(=O)NCc2cccc(-c3ccc(O)cc3)c2)c1)NC[C@H](O)c1ccc(N)nc1. The standard InChI is InChI=1S/C31H34N4O3/c1-31(2,35-20-28(37)26-11-14-29(32)33-19-26)17-21-5-3-8-25(15-21)30(38)34-18-22-6-4-7-24(16-22)23-9-12-27(36)13-10-23/h3-16,19,28,35-37H,17-18,20H2,1-2H3,(H2,32,33)(H,34,38)/t28-/m0/s1. The number of benzene rings is 3. The number of carbonyl (C=O) groups is 1. The maximum atomic E-state index is 12.9. The highest BCUT2D eigenvalue weighted by molar-refractivity contribution is 5.94. The number of phenolic OH excluding ortho intramolecular Hbond substituents is 1. The van der Waals surface area contributed by atoms with E-state index in [-0.39, 0.29) is 17.2 Å². The van der Waals surface area contributed by atoms with E-state index in [4.69, 9.17) is 5.73 Å². The van der Waals surface area contributed by atoms with Crippen molar-refractivity contribution in [3.8, 4) is 16.9 Å². The fourth-order valence-corrected chi connectivity index (χ4v) is 4.30. The number of carbonyl (C=O) groups excluding carboxylic acids is 1. The summed E-state index contributed by atoms with van der Waals surface area (Å²) in [5.74, 6) is 0.506. The molecule has 0 spiro atoms. The monoisotopic (exact) mass is 510 g/mol. The van der Waals surface area contributed by atoms with Crippen LogP contribution in [0.5, 0.6) is 5.75 Å². The highest BCUT2D eigenvalue weighted by atomic mass is 16.3. The maximum absolute atomic E-state index is 12.9. The number of nitrogens with two attached hydrogens (primary N) is 1. The summed E-state index contributed by atoms with van der Waals surface area (Å²) in [5.41, 5.74) is 10.6. The second kappa shape index (κ2) is 11.9. The van der Waals surface area contributed by atoms with E-state index in [1.165, 1.54) is 0 Å². The van der Waals surface area contributed by atoms with Crippen molar-refractivity contribution in [2.75, 3.05) is 12.3 Å². The highest BCUT2D eigenvalue weighted by Crippen LogP contribution is 2.23. The lowest BCUT2D eigenvalue weighted by Gasteiger charge is -2.28. The van der Waals surface area contributed by atoms with Gasteiger partial charge in [0.2, 0.25) is 0 Å². The molecule has 1 aromatic heterocycles. The van der Waals surface area contributed by atoms with Gasteiger partial charge in [-0.15, -0.1) is 0 Å². The molecule has 1 heterocycles. The summed E-state index contributed by atoms with van der Waals surface area (Å²) >= 11 is 0. The molecule has 196 valence electrons. The number of aromatic hydroxyl groups is 1. The number of pyridine rings is 1. The second-order valence-corrected chi connectivity index (χ2v) is 10.1. The van der Waals surface area contributed by atoms with Gasteiger partial charge >= 0.3 is 0 Å². The summed E-state index contributed by atoms with van der Waals surface area (Å²) in [4.78, 5) is 17.0. The Kier molecular flexibility index (Phi) is 8.41. The van der Waals surface area contributed by atoms with Gasteiger partial charge in [0, 0.05) is 36.0 Å². The molecule has 0 bridgehead atoms. The average molecular weight is 511 g/mol. The number of nitrogen functional groups attached to an aromatic ring is 1. The van der Waals surface area contributed by atoms with Gasteiger partial charge in [-0.3, -0.25) is 4.79 Å². The normalized spacial score (nSPS) is 12.2. The molecule has 1 atom stereocenters. The molecule has 4 aromatic rings. The third kappa shape index (κ3) is 7.41. The number of aliphatic hydroxyl groups excluding tert-OH is 1. The minimum absolute atomic E-state index is 0.140. The molecule has 7 heteroatoms. The third-order valence-electron chi connectivity index (χ3n) is 6.38. The summed E-state index contributed by atoms with van der Waals surface area (Å²) in [6, 6.07) is 26.1. The molecule has 7 nitrogen and oxygen atoms in total. The average Bonchev–Trinajstić information content (AvgIpc) is 2.91. The number of phenols is 1. The van der Waals surface area contributed by atoms with Gasteiger partial charge in [0.1, 0.15) is 11.6 Å². The van der Waals surface area contributed by atoms with Crippen molar-refractivity contribution in [2.24, 2.45) is 0 Å². The van der Waals surface area contributed by atoms with E-state index >= 15 is 0 Å². The second-order valence-electron chi connectivity index (χ2n) is 10.1. The smallest absolute Gasteiger partial charge is 0.251 e. The van der Waals surface area contributed by atoms with Crippen LogP contribution in [0.25, 0.3) is 11.1 Å². The molecular weight excluding hydrogens is 476 g/mol. The predicted octanol–water partition coefficient (Wildman–Crippen LogP) is 4.61. The molecule has 0 radical (unpaired) electrons. The van der Waals surface area contributed by atoms with Crippen LogP contribution >= 0.6 is 0 Å². The Morgan fingerprint density at radius 2 is 1.68 bits per heavy atom. The van der Waals surface area contributed by atoms with Gasteiger partial charge in [-0.1, -0.05) is 48.5 Å². The van der Waals surface area contributed by atoms with Crippen molar-refractivity contribution in [3.05, 3.63) is 113 Å². The van der Waals surface area contributed by atoms with Crippen molar-refractivity contribution >= 4 is 11.7 Å². The lowest BCUT2D eigenvalue weighted by Crippen LogP contribution is -2.43. The first-order chi connectivity index (χ1) is 18.2. The fraction of sp³-hybridized carbons (Fsp3) is 0.226. The van der Waals surface area contributed by atoms with Gasteiger partial charge in [-0.2, -0.15) is 0 Å². The Morgan fingerprint density at radius 1 is 0.947 bits per heavy atom. The van der Waals surface area contributed by atoms with E-state index in [1.54, 1.807) is 30.5 Å². The van der Waals surface area contributed by atoms with Crippen LogP contribution < -0.4 is 16.4 Å². The van der Waals surface area contributed by atoms with Gasteiger partial charge in [0.15, 0.2) is 0 Å². The maximum Gasteiger partial charge on any atom is 0.251 e. The molecule has 38 heavy (non-hydrogen) atoms. The van der Waals surface area contributed by atoms with E-state index < -0.39 is 6.10 Å². The molecule has 4 rings (SSSR count). The number of β-amino-alcohol motifs (C(OH)–C–C–N with tert-alkyl or cyclic N) is 1. The first kappa shape index (κ1) is 26.9. The zero-order valence-corrected chi connectivity index (χ0v) is 21.7. The first-order valence-corrected chi connectivity index (χ1v) is 12.6. The Labute approximate surface area is 223 Å². The van der Waals surface area contributed by atoms with E-state index in [2.05, 4.69) is 29.5 Å². The van der Waals surface area contributed by atoms with E-state index in [0.717, 1.165) is 22.3 Å². The molecule has 0 aliphatic heterocycles. The molecule has 0 saturated heterocycles. The molecule has 3 aromatic carbocycles. The molecular formula is C31H34N4O3. The van der Waals surface area contributed by atoms with Crippen LogP contribution in [0.1, 0.15) is 47.0 Å². The van der Waals surface area contributed by atoms with Gasteiger partial charge < -0.3 is 26.6 Å². The minimum Gasteiger partial charge on any atom is -0.508 e. The lowest BCUT2D eigenvalue weighted by molar-refractivity contribution is 0.0950. The Hall–Kier alpha value is -4.20. The number of hydrogen-bond acceptors (Lipinski definition) is 6. The topological polar surface area (TPSA) is 120 Å². The quantitative estimate of drug-likeness (QED) is 0.212. The number of aliphatic hydroxyl groups is 1. The fourth-order valence-electron chi connectivity index (χ4n) is 4.30. The largest absolute Gasteiger partial charge is 0.508 e. The molecule has 1 amide bonds. The number of anilines is 1. The van der Waals surface area contributed by atoms with Gasteiger partial charge in [-0.25, -0.2) is 4.98 Å². The van der Waals surface area contributed by atoms with Crippen LogP contribution in [-0.2, 0) is 13.0 Å². The molecule has 0 saturated carbocycles. The van der Waals surface area contributed by atoms with Crippen LogP contribution in [0, 0.1) is 0 Å². The molecule has 6 N–H and O–H groups in total. The van der Waals surface area contributed by atoms with E-state index in [9.17, 15) is 15.0 Å². The number of rotatable bonds is 10. The third-order valence-corrected chi connectivity index (χ3v) is 6.38. The Balaban J connectivity index is 1.33. The Bertz CT molecular complexity index is 1370. The molecule has 0 fully saturated rings.